The Morgan fingerprint density at radius 2 is 1.31 bits per heavy atom. The zero-order valence-corrected chi connectivity index (χ0v) is 22.1. The molecule has 0 saturated heterocycles. The molecule has 0 atom stereocenters. The number of benzene rings is 2. The molecule has 36 heavy (non-hydrogen) atoms. The number of rotatable bonds is 6. The van der Waals surface area contributed by atoms with E-state index in [0.717, 1.165) is 39.8 Å². The summed E-state index contributed by atoms with van der Waals surface area (Å²) in [5.41, 5.74) is 8.61. The molecule has 10 nitrogen and oxygen atoms in total. The first-order valence-corrected chi connectivity index (χ1v) is 11.6. The number of ether oxygens (including phenoxy) is 2. The molecule has 4 N–H and O–H groups in total. The molecule has 0 aliphatic carbocycles. The minimum atomic E-state index is -0.615. The molecule has 2 aromatic heterocycles. The molecule has 2 aromatic carbocycles. The van der Waals surface area contributed by atoms with Gasteiger partial charge in [0.25, 0.3) is 11.8 Å². The quantitative estimate of drug-likeness (QED) is 0.301. The van der Waals surface area contributed by atoms with Crippen LogP contribution in [0.2, 0.25) is 0 Å². The molecule has 4 aromatic rings. The Morgan fingerprint density at radius 1 is 0.778 bits per heavy atom. The van der Waals surface area contributed by atoms with E-state index in [1.54, 1.807) is 14.2 Å². The van der Waals surface area contributed by atoms with Crippen molar-refractivity contribution in [2.45, 2.75) is 40.8 Å². The molecular formula is C26H34N6O4. The zero-order chi connectivity index (χ0) is 26.6. The van der Waals surface area contributed by atoms with E-state index in [9.17, 15) is 9.59 Å². The predicted molar refractivity (Wildman–Crippen MR) is 142 cm³/mol. The first-order chi connectivity index (χ1) is 17.2. The second-order valence-corrected chi connectivity index (χ2v) is 8.60. The van der Waals surface area contributed by atoms with Crippen LogP contribution in [0.4, 0.5) is 0 Å². The van der Waals surface area contributed by atoms with Crippen molar-refractivity contribution in [3.8, 4) is 11.8 Å². The SMILES string of the molecule is CNCc1c(C)c(C)cc2[nH]c(=O)c(=O)[nH]c12.CNCc1c(C)c(C)cc2nc(OC)c(OC)nc12. The van der Waals surface area contributed by atoms with Gasteiger partial charge in [-0.15, -0.1) is 0 Å². The normalized spacial score (nSPS) is 10.9. The maximum Gasteiger partial charge on any atom is 0.314 e. The highest BCUT2D eigenvalue weighted by Crippen LogP contribution is 2.29. The van der Waals surface area contributed by atoms with E-state index in [0.29, 0.717) is 29.3 Å². The molecule has 2 heterocycles. The smallest absolute Gasteiger partial charge is 0.314 e. The van der Waals surface area contributed by atoms with Gasteiger partial charge in [0.05, 0.1) is 36.3 Å². The molecule has 0 spiro atoms. The number of fused-ring (bicyclic) bond motifs is 2. The highest BCUT2D eigenvalue weighted by Gasteiger charge is 2.15. The van der Waals surface area contributed by atoms with Gasteiger partial charge in [-0.05, 0) is 87.3 Å². The number of H-pyrrole nitrogens is 2. The Hall–Kier alpha value is -3.76. The summed E-state index contributed by atoms with van der Waals surface area (Å²) >= 11 is 0. The van der Waals surface area contributed by atoms with Crippen molar-refractivity contribution in [1.29, 1.82) is 0 Å². The lowest BCUT2D eigenvalue weighted by Crippen LogP contribution is -2.29. The van der Waals surface area contributed by atoms with Crippen LogP contribution < -0.4 is 31.2 Å². The summed E-state index contributed by atoms with van der Waals surface area (Å²) in [7, 11) is 6.89. The number of aromatic amines is 2. The summed E-state index contributed by atoms with van der Waals surface area (Å²) in [5.74, 6) is 0.823. The lowest BCUT2D eigenvalue weighted by Gasteiger charge is -2.14. The summed E-state index contributed by atoms with van der Waals surface area (Å²) < 4.78 is 10.4. The molecule has 0 saturated carbocycles. The molecule has 0 radical (unpaired) electrons. The first kappa shape index (κ1) is 26.8. The molecule has 0 fully saturated rings. The summed E-state index contributed by atoms with van der Waals surface area (Å²) in [5, 5.41) is 6.23. The van der Waals surface area contributed by atoms with Gasteiger partial charge in [0, 0.05) is 13.1 Å². The lowest BCUT2D eigenvalue weighted by atomic mass is 10.0. The highest BCUT2D eigenvalue weighted by molar-refractivity contribution is 5.82. The van der Waals surface area contributed by atoms with Crippen LogP contribution in [-0.2, 0) is 13.1 Å². The van der Waals surface area contributed by atoms with Gasteiger partial charge >= 0.3 is 11.1 Å². The van der Waals surface area contributed by atoms with E-state index < -0.39 is 11.1 Å². The van der Waals surface area contributed by atoms with Crippen LogP contribution in [-0.4, -0.2) is 48.3 Å². The molecule has 0 unspecified atom stereocenters. The Morgan fingerprint density at radius 3 is 1.92 bits per heavy atom. The van der Waals surface area contributed by atoms with E-state index in [2.05, 4.69) is 44.4 Å². The molecule has 10 heteroatoms. The van der Waals surface area contributed by atoms with Gasteiger partial charge in [-0.1, -0.05) is 0 Å². The molecule has 0 aliphatic heterocycles. The van der Waals surface area contributed by atoms with Crippen LogP contribution in [0.5, 0.6) is 11.8 Å². The number of hydrogen-bond donors (Lipinski definition) is 4. The van der Waals surface area contributed by atoms with Crippen LogP contribution in [0.25, 0.3) is 22.1 Å². The van der Waals surface area contributed by atoms with Crippen molar-refractivity contribution in [1.82, 2.24) is 30.6 Å². The third-order valence-corrected chi connectivity index (χ3v) is 6.31. The van der Waals surface area contributed by atoms with E-state index in [4.69, 9.17) is 9.47 Å². The molecule has 0 bridgehead atoms. The minimum absolute atomic E-state index is 0.411. The topological polar surface area (TPSA) is 134 Å². The van der Waals surface area contributed by atoms with Crippen molar-refractivity contribution in [2.75, 3.05) is 28.3 Å². The Bertz CT molecular complexity index is 1520. The van der Waals surface area contributed by atoms with Gasteiger partial charge in [-0.2, -0.15) is 0 Å². The van der Waals surface area contributed by atoms with Gasteiger partial charge in [0.15, 0.2) is 0 Å². The summed E-state index contributed by atoms with van der Waals surface area (Å²) in [6, 6.07) is 3.90. The zero-order valence-electron chi connectivity index (χ0n) is 22.1. The first-order valence-electron chi connectivity index (χ1n) is 11.6. The van der Waals surface area contributed by atoms with Crippen molar-refractivity contribution in [3.05, 3.63) is 66.2 Å². The summed E-state index contributed by atoms with van der Waals surface area (Å²) in [6.45, 7) is 9.55. The highest BCUT2D eigenvalue weighted by atomic mass is 16.5. The molecular weight excluding hydrogens is 460 g/mol. The number of aryl methyl sites for hydroxylation is 2. The molecule has 4 rings (SSSR count). The monoisotopic (exact) mass is 494 g/mol. The van der Waals surface area contributed by atoms with E-state index in [1.807, 2.05) is 40.1 Å². The van der Waals surface area contributed by atoms with Crippen LogP contribution >= 0.6 is 0 Å². The average Bonchev–Trinajstić information content (AvgIpc) is 2.86. The minimum Gasteiger partial charge on any atom is -0.477 e. The van der Waals surface area contributed by atoms with Gasteiger partial charge in [0.2, 0.25) is 0 Å². The number of nitrogens with one attached hydrogen (secondary N) is 4. The van der Waals surface area contributed by atoms with E-state index >= 15 is 0 Å². The summed E-state index contributed by atoms with van der Waals surface area (Å²) in [4.78, 5) is 36.9. The van der Waals surface area contributed by atoms with Gasteiger partial charge in [-0.25, -0.2) is 9.97 Å². The predicted octanol–water partition coefficient (Wildman–Crippen LogP) is 2.54. The fraction of sp³-hybridized carbons (Fsp3) is 0.385. The molecule has 0 aliphatic rings. The lowest BCUT2D eigenvalue weighted by molar-refractivity contribution is 0.334. The number of nitrogens with zero attached hydrogens (tertiary/aromatic N) is 2. The third kappa shape index (κ3) is 5.24. The van der Waals surface area contributed by atoms with Gasteiger partial charge in [0.1, 0.15) is 0 Å². The third-order valence-electron chi connectivity index (χ3n) is 6.31. The maximum absolute atomic E-state index is 11.4. The van der Waals surface area contributed by atoms with Crippen molar-refractivity contribution in [2.24, 2.45) is 0 Å². The number of methoxy groups -OCH3 is 2. The van der Waals surface area contributed by atoms with Crippen molar-refractivity contribution < 1.29 is 9.47 Å². The van der Waals surface area contributed by atoms with Crippen LogP contribution in [0.15, 0.2) is 21.7 Å². The second kappa shape index (κ2) is 11.3. The van der Waals surface area contributed by atoms with E-state index in [-0.39, 0.29) is 0 Å². The maximum atomic E-state index is 11.4. The molecule has 192 valence electrons. The van der Waals surface area contributed by atoms with Crippen LogP contribution in [0.1, 0.15) is 33.4 Å². The number of aromatic nitrogens is 4. The Balaban J connectivity index is 0.000000202. The largest absolute Gasteiger partial charge is 0.477 e. The summed E-state index contributed by atoms with van der Waals surface area (Å²) in [6.07, 6.45) is 0. The van der Waals surface area contributed by atoms with Gasteiger partial charge < -0.3 is 30.1 Å². The average molecular weight is 495 g/mol. The van der Waals surface area contributed by atoms with Crippen molar-refractivity contribution >= 4 is 22.1 Å². The number of hydrogen-bond acceptors (Lipinski definition) is 8. The fourth-order valence-electron chi connectivity index (χ4n) is 4.10. The Kier molecular flexibility index (Phi) is 8.44. The standard InChI is InChI=1S/C14H19N3O2.C12H15N3O2/c1-8-6-11-12(10(7-15-3)9(8)2)17-14(19-5)13(16-11)18-4;1-6-4-9-10(8(5-13-3)7(6)2)15-12(17)11(16)14-9/h6,15H,7H2,1-5H3;4,13H,5H2,1-3H3,(H,14,16)(H,15,17). The second-order valence-electron chi connectivity index (χ2n) is 8.60. The fourth-order valence-corrected chi connectivity index (χ4v) is 4.10. The molecule has 0 amide bonds. The Labute approximate surface area is 209 Å². The van der Waals surface area contributed by atoms with Crippen LogP contribution in [0.3, 0.4) is 0 Å². The van der Waals surface area contributed by atoms with Gasteiger partial charge in [-0.3, -0.25) is 9.59 Å². The van der Waals surface area contributed by atoms with Crippen LogP contribution in [0, 0.1) is 27.7 Å². The van der Waals surface area contributed by atoms with E-state index in [1.165, 1.54) is 11.1 Å². The van der Waals surface area contributed by atoms with Crippen molar-refractivity contribution in [3.63, 3.8) is 0 Å².